The van der Waals surface area contributed by atoms with Crippen LogP contribution in [0.25, 0.3) is 11.1 Å². The normalized spacial score (nSPS) is 18.4. The van der Waals surface area contributed by atoms with Gasteiger partial charge in [0.2, 0.25) is 5.95 Å². The summed E-state index contributed by atoms with van der Waals surface area (Å²) in [6.07, 6.45) is -9.91. The van der Waals surface area contributed by atoms with E-state index >= 15 is 0 Å². The molecule has 0 radical (unpaired) electrons. The first-order chi connectivity index (χ1) is 22.4. The number of aromatic nitrogens is 2. The standard InChI is InChI=1S/C33H34F6N4O5/c1-18-28(19-11-21(32(34,35)36)13-22(12-19)33(37,38)39)48-30(45)43(18)17-25-24(16-40-29(41-25)42-9-6-10-42)23-14-20(7-8-26(23)46-4)31(2,3)15-27(44)47-5/h7-8,11-14,16,18,28H,6,9-10,15,17H2,1-5H3/t18?,28-/m0/s1. The number of anilines is 1. The molecule has 1 unspecified atom stereocenters. The highest BCUT2D eigenvalue weighted by Crippen LogP contribution is 2.43. The number of hydrogen-bond acceptors (Lipinski definition) is 8. The third kappa shape index (κ3) is 6.99. The van der Waals surface area contributed by atoms with Gasteiger partial charge >= 0.3 is 24.4 Å². The predicted molar refractivity (Wildman–Crippen MR) is 161 cm³/mol. The molecule has 5 rings (SSSR count). The second-order valence-electron chi connectivity index (χ2n) is 12.4. The number of cyclic esters (lactones) is 1. The number of halogens is 6. The lowest BCUT2D eigenvalue weighted by atomic mass is 9.80. The summed E-state index contributed by atoms with van der Waals surface area (Å²) in [6.45, 7) is 6.44. The lowest BCUT2D eigenvalue weighted by Gasteiger charge is -2.31. The molecule has 2 saturated heterocycles. The monoisotopic (exact) mass is 680 g/mol. The van der Waals surface area contributed by atoms with Crippen LogP contribution in [0.3, 0.4) is 0 Å². The van der Waals surface area contributed by atoms with E-state index < -0.39 is 58.7 Å². The zero-order valence-electron chi connectivity index (χ0n) is 26.8. The number of ether oxygens (including phenoxy) is 3. The van der Waals surface area contributed by atoms with Crippen LogP contribution in [0.1, 0.15) is 67.7 Å². The van der Waals surface area contributed by atoms with Gasteiger partial charge in [0.25, 0.3) is 0 Å². The van der Waals surface area contributed by atoms with Gasteiger partial charge in [-0.1, -0.05) is 19.9 Å². The molecule has 2 aliphatic heterocycles. The lowest BCUT2D eigenvalue weighted by molar-refractivity contribution is -0.144. The van der Waals surface area contributed by atoms with Gasteiger partial charge in [-0.3, -0.25) is 9.69 Å². The highest BCUT2D eigenvalue weighted by molar-refractivity contribution is 5.76. The molecule has 258 valence electrons. The maximum absolute atomic E-state index is 13.6. The Morgan fingerprint density at radius 1 is 0.958 bits per heavy atom. The fourth-order valence-corrected chi connectivity index (χ4v) is 5.76. The first-order valence-electron chi connectivity index (χ1n) is 15.1. The molecule has 2 fully saturated rings. The molecule has 2 aromatic carbocycles. The summed E-state index contributed by atoms with van der Waals surface area (Å²) in [5, 5.41) is 0. The molecular weight excluding hydrogens is 646 g/mol. The van der Waals surface area contributed by atoms with Gasteiger partial charge in [0.05, 0.1) is 50.0 Å². The molecule has 48 heavy (non-hydrogen) atoms. The van der Waals surface area contributed by atoms with Crippen molar-refractivity contribution in [2.45, 2.75) is 70.1 Å². The second-order valence-corrected chi connectivity index (χ2v) is 12.4. The van der Waals surface area contributed by atoms with Crippen molar-refractivity contribution in [2.75, 3.05) is 32.2 Å². The molecule has 0 aliphatic carbocycles. The number of alkyl halides is 6. The van der Waals surface area contributed by atoms with Crippen molar-refractivity contribution in [2.24, 2.45) is 0 Å². The minimum absolute atomic E-state index is 0.0289. The molecule has 3 aromatic rings. The summed E-state index contributed by atoms with van der Waals surface area (Å²) in [6, 6.07) is 5.55. The van der Waals surface area contributed by atoms with Gasteiger partial charge in [0.15, 0.2) is 0 Å². The van der Waals surface area contributed by atoms with Crippen LogP contribution >= 0.6 is 0 Å². The van der Waals surface area contributed by atoms with Gasteiger partial charge in [-0.25, -0.2) is 14.8 Å². The first kappa shape index (κ1) is 34.8. The molecular formula is C33H34F6N4O5. The Morgan fingerprint density at radius 2 is 1.60 bits per heavy atom. The van der Waals surface area contributed by atoms with Crippen molar-refractivity contribution < 1.29 is 50.1 Å². The number of hydrogen-bond donors (Lipinski definition) is 0. The van der Waals surface area contributed by atoms with Gasteiger partial charge in [-0.2, -0.15) is 26.3 Å². The maximum Gasteiger partial charge on any atom is 0.416 e. The van der Waals surface area contributed by atoms with Crippen molar-refractivity contribution >= 4 is 18.0 Å². The van der Waals surface area contributed by atoms with Crippen LogP contribution in [0, 0.1) is 0 Å². The highest BCUT2D eigenvalue weighted by Gasteiger charge is 2.44. The summed E-state index contributed by atoms with van der Waals surface area (Å²) in [7, 11) is 2.78. The number of amides is 1. The van der Waals surface area contributed by atoms with Crippen molar-refractivity contribution in [3.05, 3.63) is 70.5 Å². The van der Waals surface area contributed by atoms with E-state index in [1.165, 1.54) is 26.0 Å². The summed E-state index contributed by atoms with van der Waals surface area (Å²) < 4.78 is 97.6. The van der Waals surface area contributed by atoms with Crippen LogP contribution < -0.4 is 9.64 Å². The lowest BCUT2D eigenvalue weighted by Crippen LogP contribution is -2.39. The minimum atomic E-state index is -5.07. The van der Waals surface area contributed by atoms with Gasteiger partial charge < -0.3 is 19.1 Å². The zero-order valence-corrected chi connectivity index (χ0v) is 26.8. The number of methoxy groups -OCH3 is 2. The Bertz CT molecular complexity index is 1670. The Labute approximate surface area is 272 Å². The fourth-order valence-electron chi connectivity index (χ4n) is 5.76. The summed E-state index contributed by atoms with van der Waals surface area (Å²) in [5.74, 6) is 0.429. The number of esters is 1. The minimum Gasteiger partial charge on any atom is -0.496 e. The molecule has 1 aromatic heterocycles. The van der Waals surface area contributed by atoms with Gasteiger partial charge in [-0.05, 0) is 54.8 Å². The smallest absolute Gasteiger partial charge is 0.416 e. The van der Waals surface area contributed by atoms with E-state index in [-0.39, 0.29) is 19.0 Å². The van der Waals surface area contributed by atoms with E-state index in [4.69, 9.17) is 19.2 Å². The molecule has 3 heterocycles. The Hall–Kier alpha value is -4.56. The van der Waals surface area contributed by atoms with Gasteiger partial charge in [-0.15, -0.1) is 0 Å². The number of carbonyl (C=O) groups excluding carboxylic acids is 2. The van der Waals surface area contributed by atoms with Crippen LogP contribution in [-0.2, 0) is 38.6 Å². The number of nitrogens with zero attached hydrogens (tertiary/aromatic N) is 4. The van der Waals surface area contributed by atoms with Crippen LogP contribution in [0.15, 0.2) is 42.6 Å². The molecule has 0 saturated carbocycles. The van der Waals surface area contributed by atoms with E-state index in [1.54, 1.807) is 12.3 Å². The molecule has 0 spiro atoms. The first-order valence-corrected chi connectivity index (χ1v) is 15.1. The number of benzene rings is 2. The topological polar surface area (TPSA) is 94.1 Å². The predicted octanol–water partition coefficient (Wildman–Crippen LogP) is 7.32. The molecule has 1 amide bonds. The SMILES string of the molecule is COC(=O)CC(C)(C)c1ccc(OC)c(-c2cnc(N3CCC3)nc2CN2C(=O)O[C@H](c3cc(C(F)(F)F)cc(C(F)(F)F)c3)C2C)c1. The molecule has 0 N–H and O–H groups in total. The van der Waals surface area contributed by atoms with E-state index in [2.05, 4.69) is 4.98 Å². The zero-order chi connectivity index (χ0) is 35.2. The van der Waals surface area contributed by atoms with E-state index in [1.807, 2.05) is 30.9 Å². The van der Waals surface area contributed by atoms with Crippen molar-refractivity contribution in [3.63, 3.8) is 0 Å². The molecule has 2 aliphatic rings. The highest BCUT2D eigenvalue weighted by atomic mass is 19.4. The van der Waals surface area contributed by atoms with E-state index in [0.717, 1.165) is 12.0 Å². The Morgan fingerprint density at radius 3 is 2.15 bits per heavy atom. The quantitative estimate of drug-likeness (QED) is 0.172. The third-order valence-electron chi connectivity index (χ3n) is 8.73. The second kappa shape index (κ2) is 12.8. The van der Waals surface area contributed by atoms with Crippen molar-refractivity contribution in [3.8, 4) is 16.9 Å². The molecule has 15 heteroatoms. The average Bonchev–Trinajstić information content (AvgIpc) is 3.27. The van der Waals surface area contributed by atoms with Crippen LogP contribution in [0.2, 0.25) is 0 Å². The molecule has 9 nitrogen and oxygen atoms in total. The van der Waals surface area contributed by atoms with Gasteiger partial charge in [0, 0.05) is 35.8 Å². The van der Waals surface area contributed by atoms with Crippen LogP contribution in [-0.4, -0.2) is 60.3 Å². The van der Waals surface area contributed by atoms with Crippen LogP contribution in [0.4, 0.5) is 37.1 Å². The van der Waals surface area contributed by atoms with E-state index in [9.17, 15) is 35.9 Å². The summed E-state index contributed by atoms with van der Waals surface area (Å²) >= 11 is 0. The van der Waals surface area contributed by atoms with Crippen LogP contribution in [0.5, 0.6) is 5.75 Å². The fraction of sp³-hybridized carbons (Fsp3) is 0.455. The molecule has 0 bridgehead atoms. The molecule has 2 atom stereocenters. The maximum atomic E-state index is 13.6. The number of carbonyl (C=O) groups is 2. The summed E-state index contributed by atoms with van der Waals surface area (Å²) in [4.78, 5) is 37.8. The van der Waals surface area contributed by atoms with Gasteiger partial charge in [0.1, 0.15) is 11.9 Å². The van der Waals surface area contributed by atoms with Crippen molar-refractivity contribution in [1.82, 2.24) is 14.9 Å². The number of rotatable bonds is 9. The van der Waals surface area contributed by atoms with Crippen molar-refractivity contribution in [1.29, 1.82) is 0 Å². The summed E-state index contributed by atoms with van der Waals surface area (Å²) in [5.41, 5.74) is -1.99. The third-order valence-corrected chi connectivity index (χ3v) is 8.73. The average molecular weight is 681 g/mol. The Kier molecular flexibility index (Phi) is 9.28. The Balaban J connectivity index is 1.56. The largest absolute Gasteiger partial charge is 0.496 e. The van der Waals surface area contributed by atoms with E-state index in [0.29, 0.717) is 53.7 Å².